The van der Waals surface area contributed by atoms with Gasteiger partial charge in [-0.3, -0.25) is 4.79 Å². The van der Waals surface area contributed by atoms with Crippen LogP contribution in [0, 0.1) is 0 Å². The molecule has 1 aliphatic rings. The number of hydrogen-bond acceptors (Lipinski definition) is 3. The van der Waals surface area contributed by atoms with E-state index in [0.717, 1.165) is 38.2 Å². The van der Waals surface area contributed by atoms with Crippen LogP contribution in [0.4, 0.5) is 0 Å². The van der Waals surface area contributed by atoms with Gasteiger partial charge in [0.25, 0.3) is 0 Å². The maximum absolute atomic E-state index is 12.2. The number of halogens is 1. The van der Waals surface area contributed by atoms with Gasteiger partial charge in [0, 0.05) is 32.1 Å². The van der Waals surface area contributed by atoms with E-state index in [2.05, 4.69) is 24.4 Å². The summed E-state index contributed by atoms with van der Waals surface area (Å²) in [5.74, 6) is 1.16. The average Bonchev–Trinajstić information content (AvgIpc) is 2.48. The average molecular weight is 313 g/mol. The van der Waals surface area contributed by atoms with Gasteiger partial charge in [-0.2, -0.15) is 0 Å². The van der Waals surface area contributed by atoms with E-state index in [0.29, 0.717) is 12.5 Å². The first kappa shape index (κ1) is 17.8. The molecule has 118 valence electrons. The number of aryl methyl sites for hydroxylation is 1. The first-order valence-corrected chi connectivity index (χ1v) is 7.34. The summed E-state index contributed by atoms with van der Waals surface area (Å²) in [7, 11) is 1.67. The summed E-state index contributed by atoms with van der Waals surface area (Å²) in [4.78, 5) is 14.2. The standard InChI is InChI=1S/C16H24N2O2.ClH/c1-13-12-17-10-11-18(13)16(19)5-3-4-14-6-8-15(20-2)9-7-14;/h6-9,13,17H,3-5,10-12H2,1-2H3;1H. The second-order valence-corrected chi connectivity index (χ2v) is 5.34. The number of rotatable bonds is 5. The number of carbonyl (C=O) groups excluding carboxylic acids is 1. The topological polar surface area (TPSA) is 41.6 Å². The van der Waals surface area contributed by atoms with Crippen LogP contribution in [0.3, 0.4) is 0 Å². The lowest BCUT2D eigenvalue weighted by atomic mass is 10.1. The minimum Gasteiger partial charge on any atom is -0.497 e. The van der Waals surface area contributed by atoms with Gasteiger partial charge >= 0.3 is 0 Å². The van der Waals surface area contributed by atoms with Crippen LogP contribution in [0.2, 0.25) is 0 Å². The molecule has 1 aromatic carbocycles. The predicted molar refractivity (Wildman–Crippen MR) is 87.2 cm³/mol. The molecule has 0 aliphatic carbocycles. The molecule has 1 fully saturated rings. The molecule has 4 nitrogen and oxygen atoms in total. The van der Waals surface area contributed by atoms with Gasteiger partial charge in [0.15, 0.2) is 0 Å². The molecule has 1 unspecified atom stereocenters. The number of piperazine rings is 1. The van der Waals surface area contributed by atoms with Crippen molar-refractivity contribution >= 4 is 18.3 Å². The lowest BCUT2D eigenvalue weighted by Crippen LogP contribution is -2.52. The smallest absolute Gasteiger partial charge is 0.222 e. The minimum absolute atomic E-state index is 0. The van der Waals surface area contributed by atoms with Gasteiger partial charge in [0.05, 0.1) is 7.11 Å². The highest BCUT2D eigenvalue weighted by Crippen LogP contribution is 2.14. The van der Waals surface area contributed by atoms with Gasteiger partial charge in [-0.15, -0.1) is 12.4 Å². The van der Waals surface area contributed by atoms with Crippen molar-refractivity contribution in [3.63, 3.8) is 0 Å². The Morgan fingerprint density at radius 3 is 2.71 bits per heavy atom. The second kappa shape index (κ2) is 8.90. The van der Waals surface area contributed by atoms with Crippen molar-refractivity contribution < 1.29 is 9.53 Å². The number of nitrogens with one attached hydrogen (secondary N) is 1. The fraction of sp³-hybridized carbons (Fsp3) is 0.562. The molecule has 0 spiro atoms. The summed E-state index contributed by atoms with van der Waals surface area (Å²) in [5, 5.41) is 3.31. The summed E-state index contributed by atoms with van der Waals surface area (Å²) >= 11 is 0. The molecule has 0 bridgehead atoms. The Bertz CT molecular complexity index is 436. The molecule has 1 aliphatic heterocycles. The summed E-state index contributed by atoms with van der Waals surface area (Å²) in [6.45, 7) is 4.76. The number of benzene rings is 1. The molecule has 1 N–H and O–H groups in total. The SMILES string of the molecule is COc1ccc(CCCC(=O)N2CCNCC2C)cc1.Cl. The Labute approximate surface area is 133 Å². The van der Waals surface area contributed by atoms with Crippen molar-refractivity contribution in [3.05, 3.63) is 29.8 Å². The van der Waals surface area contributed by atoms with Crippen molar-refractivity contribution in [2.75, 3.05) is 26.7 Å². The van der Waals surface area contributed by atoms with E-state index < -0.39 is 0 Å². The van der Waals surface area contributed by atoms with Gasteiger partial charge in [0.1, 0.15) is 5.75 Å². The van der Waals surface area contributed by atoms with Crippen LogP contribution in [0.15, 0.2) is 24.3 Å². The van der Waals surface area contributed by atoms with Crippen LogP contribution < -0.4 is 10.1 Å². The Kier molecular flexibility index (Phi) is 7.54. The Morgan fingerprint density at radius 1 is 1.38 bits per heavy atom. The van der Waals surface area contributed by atoms with E-state index in [1.165, 1.54) is 5.56 Å². The third-order valence-corrected chi connectivity index (χ3v) is 3.84. The number of nitrogens with zero attached hydrogens (tertiary/aromatic N) is 1. The Morgan fingerprint density at radius 2 is 2.10 bits per heavy atom. The van der Waals surface area contributed by atoms with Crippen LogP contribution in [0.5, 0.6) is 5.75 Å². The van der Waals surface area contributed by atoms with Crippen LogP contribution >= 0.6 is 12.4 Å². The molecule has 1 heterocycles. The van der Waals surface area contributed by atoms with Crippen LogP contribution in [-0.2, 0) is 11.2 Å². The lowest BCUT2D eigenvalue weighted by Gasteiger charge is -2.34. The van der Waals surface area contributed by atoms with Crippen LogP contribution in [0.1, 0.15) is 25.3 Å². The molecule has 1 aromatic rings. The molecule has 5 heteroatoms. The molecule has 1 atom stereocenters. The van der Waals surface area contributed by atoms with Crippen molar-refractivity contribution in [2.24, 2.45) is 0 Å². The minimum atomic E-state index is 0. The first-order chi connectivity index (χ1) is 9.70. The van der Waals surface area contributed by atoms with Gasteiger partial charge in [0.2, 0.25) is 5.91 Å². The monoisotopic (exact) mass is 312 g/mol. The molecular formula is C16H25ClN2O2. The molecular weight excluding hydrogens is 288 g/mol. The molecule has 21 heavy (non-hydrogen) atoms. The molecule has 0 aromatic heterocycles. The lowest BCUT2D eigenvalue weighted by molar-refractivity contribution is -0.134. The quantitative estimate of drug-likeness (QED) is 0.907. The number of methoxy groups -OCH3 is 1. The van der Waals surface area contributed by atoms with Gasteiger partial charge in [-0.25, -0.2) is 0 Å². The second-order valence-electron chi connectivity index (χ2n) is 5.34. The zero-order valence-corrected chi connectivity index (χ0v) is 13.6. The summed E-state index contributed by atoms with van der Waals surface area (Å²) in [6.07, 6.45) is 2.48. The van der Waals surface area contributed by atoms with Gasteiger partial charge < -0.3 is 15.0 Å². The van der Waals surface area contributed by atoms with E-state index in [9.17, 15) is 4.79 Å². The maximum atomic E-state index is 12.2. The third-order valence-electron chi connectivity index (χ3n) is 3.84. The van der Waals surface area contributed by atoms with E-state index in [4.69, 9.17) is 4.74 Å². The molecule has 1 amide bonds. The number of amides is 1. The molecule has 2 rings (SSSR count). The molecule has 0 radical (unpaired) electrons. The van der Waals surface area contributed by atoms with Crippen molar-refractivity contribution in [1.82, 2.24) is 10.2 Å². The van der Waals surface area contributed by atoms with Crippen LogP contribution in [0.25, 0.3) is 0 Å². The molecule has 1 saturated heterocycles. The fourth-order valence-electron chi connectivity index (χ4n) is 2.59. The number of carbonyl (C=O) groups is 1. The van der Waals surface area contributed by atoms with E-state index in [-0.39, 0.29) is 18.3 Å². The van der Waals surface area contributed by atoms with E-state index in [1.807, 2.05) is 17.0 Å². The maximum Gasteiger partial charge on any atom is 0.222 e. The number of ether oxygens (including phenoxy) is 1. The first-order valence-electron chi connectivity index (χ1n) is 7.34. The van der Waals surface area contributed by atoms with E-state index in [1.54, 1.807) is 7.11 Å². The summed E-state index contributed by atoms with van der Waals surface area (Å²) in [6, 6.07) is 8.38. The zero-order chi connectivity index (χ0) is 14.4. The van der Waals surface area contributed by atoms with Gasteiger partial charge in [-0.1, -0.05) is 12.1 Å². The third kappa shape index (κ3) is 5.21. The summed E-state index contributed by atoms with van der Waals surface area (Å²) in [5.41, 5.74) is 1.26. The van der Waals surface area contributed by atoms with E-state index >= 15 is 0 Å². The van der Waals surface area contributed by atoms with Crippen molar-refractivity contribution in [3.8, 4) is 5.75 Å². The highest BCUT2D eigenvalue weighted by Gasteiger charge is 2.22. The Hall–Kier alpha value is -1.26. The van der Waals surface area contributed by atoms with Crippen molar-refractivity contribution in [1.29, 1.82) is 0 Å². The molecule has 0 saturated carbocycles. The van der Waals surface area contributed by atoms with Crippen molar-refractivity contribution in [2.45, 2.75) is 32.2 Å². The highest BCUT2D eigenvalue weighted by molar-refractivity contribution is 5.85. The zero-order valence-electron chi connectivity index (χ0n) is 12.8. The predicted octanol–water partition coefficient (Wildman–Crippen LogP) is 2.26. The number of hydrogen-bond donors (Lipinski definition) is 1. The van der Waals surface area contributed by atoms with Gasteiger partial charge in [-0.05, 0) is 37.5 Å². The Balaban J connectivity index is 0.00000220. The van der Waals surface area contributed by atoms with Crippen LogP contribution in [-0.4, -0.2) is 43.6 Å². The summed E-state index contributed by atoms with van der Waals surface area (Å²) < 4.78 is 5.14. The largest absolute Gasteiger partial charge is 0.497 e. The normalized spacial score (nSPS) is 18.0. The highest BCUT2D eigenvalue weighted by atomic mass is 35.5. The fourth-order valence-corrected chi connectivity index (χ4v) is 2.59.